The Bertz CT molecular complexity index is 553. The highest BCUT2D eigenvalue weighted by atomic mass is 19.4. The summed E-state index contributed by atoms with van der Waals surface area (Å²) in [6, 6.07) is 5.53. The average Bonchev–Trinajstić information content (AvgIpc) is 2.41. The van der Waals surface area contributed by atoms with Crippen molar-refractivity contribution in [2.24, 2.45) is 0 Å². The van der Waals surface area contributed by atoms with Crippen LogP contribution in [-0.2, 0) is 12.7 Å². The van der Waals surface area contributed by atoms with Gasteiger partial charge in [0, 0.05) is 18.8 Å². The van der Waals surface area contributed by atoms with E-state index < -0.39 is 11.9 Å². The van der Waals surface area contributed by atoms with Gasteiger partial charge in [0.2, 0.25) is 5.88 Å². The minimum Gasteiger partial charge on any atom is -0.437 e. The van der Waals surface area contributed by atoms with Gasteiger partial charge in [0.25, 0.3) is 0 Å². The third-order valence-electron chi connectivity index (χ3n) is 2.43. The first-order valence-corrected chi connectivity index (χ1v) is 5.79. The molecule has 106 valence electrons. The summed E-state index contributed by atoms with van der Waals surface area (Å²) >= 11 is 0. The Morgan fingerprint density at radius 2 is 1.90 bits per heavy atom. The molecule has 0 amide bonds. The van der Waals surface area contributed by atoms with Crippen LogP contribution in [0, 0.1) is 0 Å². The van der Waals surface area contributed by atoms with Crippen molar-refractivity contribution in [3.8, 4) is 11.6 Å². The predicted octanol–water partition coefficient (Wildman–Crippen LogP) is 3.01. The van der Waals surface area contributed by atoms with Gasteiger partial charge in [-0.1, -0.05) is 6.07 Å². The van der Waals surface area contributed by atoms with E-state index >= 15 is 0 Å². The van der Waals surface area contributed by atoms with Crippen LogP contribution in [-0.4, -0.2) is 17.0 Å². The Kier molecular flexibility index (Phi) is 4.19. The number of pyridine rings is 2. The zero-order chi connectivity index (χ0) is 14.6. The van der Waals surface area contributed by atoms with E-state index in [1.54, 1.807) is 12.3 Å². The lowest BCUT2D eigenvalue weighted by Gasteiger charge is -2.08. The van der Waals surface area contributed by atoms with Crippen LogP contribution >= 0.6 is 0 Å². The summed E-state index contributed by atoms with van der Waals surface area (Å²) in [5.41, 5.74) is 0.0209. The molecule has 0 saturated carbocycles. The zero-order valence-corrected chi connectivity index (χ0v) is 10.6. The fourth-order valence-electron chi connectivity index (χ4n) is 1.51. The Labute approximate surface area is 113 Å². The van der Waals surface area contributed by atoms with Gasteiger partial charge in [-0.25, -0.2) is 9.97 Å². The largest absolute Gasteiger partial charge is 0.437 e. The lowest BCUT2D eigenvalue weighted by molar-refractivity contribution is -0.141. The van der Waals surface area contributed by atoms with Crippen LogP contribution < -0.4 is 10.1 Å². The van der Waals surface area contributed by atoms with Crippen LogP contribution in [0.25, 0.3) is 0 Å². The molecule has 0 saturated heterocycles. The van der Waals surface area contributed by atoms with Crippen LogP contribution in [0.5, 0.6) is 11.6 Å². The van der Waals surface area contributed by atoms with Crippen LogP contribution in [0.4, 0.5) is 13.2 Å². The quantitative estimate of drug-likeness (QED) is 0.937. The van der Waals surface area contributed by atoms with E-state index in [1.807, 2.05) is 13.1 Å². The molecule has 0 bridgehead atoms. The molecule has 2 aromatic rings. The van der Waals surface area contributed by atoms with Gasteiger partial charge >= 0.3 is 6.18 Å². The summed E-state index contributed by atoms with van der Waals surface area (Å²) in [6.45, 7) is 0.676. The standard InChI is InChI=1S/C13H12F3N3O/c1-17-6-9-2-5-12(19-7-9)20-10-3-4-11(18-8-10)13(14,15)16/h2-5,7-8,17H,6H2,1H3. The van der Waals surface area contributed by atoms with Crippen molar-refractivity contribution < 1.29 is 17.9 Å². The summed E-state index contributed by atoms with van der Waals surface area (Å²) in [6.07, 6.45) is -1.80. The van der Waals surface area contributed by atoms with Gasteiger partial charge in [0.15, 0.2) is 0 Å². The van der Waals surface area contributed by atoms with Gasteiger partial charge in [-0.3, -0.25) is 0 Å². The second-order valence-corrected chi connectivity index (χ2v) is 4.01. The van der Waals surface area contributed by atoms with Gasteiger partial charge in [-0.05, 0) is 24.7 Å². The highest BCUT2D eigenvalue weighted by Gasteiger charge is 2.32. The summed E-state index contributed by atoms with van der Waals surface area (Å²) in [5.74, 6) is 0.498. The number of hydrogen-bond acceptors (Lipinski definition) is 4. The summed E-state index contributed by atoms with van der Waals surface area (Å²) in [5, 5.41) is 2.98. The average molecular weight is 283 g/mol. The Morgan fingerprint density at radius 3 is 2.40 bits per heavy atom. The molecule has 0 aliphatic rings. The molecular weight excluding hydrogens is 271 g/mol. The molecule has 2 aromatic heterocycles. The molecule has 0 aliphatic carbocycles. The van der Waals surface area contributed by atoms with Crippen molar-refractivity contribution in [2.75, 3.05) is 7.05 Å². The number of nitrogens with one attached hydrogen (secondary N) is 1. The number of alkyl halides is 3. The highest BCUT2D eigenvalue weighted by molar-refractivity contribution is 5.27. The lowest BCUT2D eigenvalue weighted by Crippen LogP contribution is -2.07. The van der Waals surface area contributed by atoms with Crippen LogP contribution in [0.15, 0.2) is 36.7 Å². The molecular formula is C13H12F3N3O. The number of hydrogen-bond donors (Lipinski definition) is 1. The molecule has 2 heterocycles. The number of halogens is 3. The maximum Gasteiger partial charge on any atom is 0.433 e. The highest BCUT2D eigenvalue weighted by Crippen LogP contribution is 2.29. The smallest absolute Gasteiger partial charge is 0.433 e. The van der Waals surface area contributed by atoms with E-state index in [9.17, 15) is 13.2 Å². The maximum atomic E-state index is 12.3. The molecule has 0 spiro atoms. The molecule has 1 N–H and O–H groups in total. The van der Waals surface area contributed by atoms with Crippen LogP contribution in [0.1, 0.15) is 11.3 Å². The minimum absolute atomic E-state index is 0.201. The molecule has 0 aromatic carbocycles. The van der Waals surface area contributed by atoms with E-state index in [2.05, 4.69) is 15.3 Å². The lowest BCUT2D eigenvalue weighted by atomic mass is 10.3. The van der Waals surface area contributed by atoms with Crippen LogP contribution in [0.2, 0.25) is 0 Å². The Hall–Kier alpha value is -2.15. The van der Waals surface area contributed by atoms with Crippen molar-refractivity contribution in [1.82, 2.24) is 15.3 Å². The van der Waals surface area contributed by atoms with E-state index in [4.69, 9.17) is 4.74 Å². The fourth-order valence-corrected chi connectivity index (χ4v) is 1.51. The van der Waals surface area contributed by atoms with Crippen molar-refractivity contribution in [3.05, 3.63) is 47.9 Å². The summed E-state index contributed by atoms with van der Waals surface area (Å²) in [4.78, 5) is 7.36. The van der Waals surface area contributed by atoms with Gasteiger partial charge < -0.3 is 10.1 Å². The molecule has 0 atom stereocenters. The Morgan fingerprint density at radius 1 is 1.10 bits per heavy atom. The third-order valence-corrected chi connectivity index (χ3v) is 2.43. The minimum atomic E-state index is -4.45. The normalized spacial score (nSPS) is 11.4. The Balaban J connectivity index is 2.06. The molecule has 0 radical (unpaired) electrons. The van der Waals surface area contributed by atoms with Crippen molar-refractivity contribution in [1.29, 1.82) is 0 Å². The SMILES string of the molecule is CNCc1ccc(Oc2ccc(C(F)(F)F)nc2)nc1. The first-order chi connectivity index (χ1) is 9.49. The maximum absolute atomic E-state index is 12.3. The van der Waals surface area contributed by atoms with Gasteiger partial charge in [-0.2, -0.15) is 13.2 Å². The van der Waals surface area contributed by atoms with Crippen LogP contribution in [0.3, 0.4) is 0 Å². The van der Waals surface area contributed by atoms with E-state index in [0.29, 0.717) is 12.4 Å². The summed E-state index contributed by atoms with van der Waals surface area (Å²) in [7, 11) is 1.82. The topological polar surface area (TPSA) is 47.0 Å². The molecule has 7 heteroatoms. The molecule has 4 nitrogen and oxygen atoms in total. The molecule has 0 unspecified atom stereocenters. The fraction of sp³-hybridized carbons (Fsp3) is 0.231. The van der Waals surface area contributed by atoms with Gasteiger partial charge in [0.1, 0.15) is 11.4 Å². The first kappa shape index (κ1) is 14.3. The zero-order valence-electron chi connectivity index (χ0n) is 10.6. The first-order valence-electron chi connectivity index (χ1n) is 5.79. The van der Waals surface area contributed by atoms with Crippen molar-refractivity contribution in [2.45, 2.75) is 12.7 Å². The van der Waals surface area contributed by atoms with E-state index in [-0.39, 0.29) is 5.75 Å². The number of rotatable bonds is 4. The van der Waals surface area contributed by atoms with Crippen molar-refractivity contribution in [3.63, 3.8) is 0 Å². The second kappa shape index (κ2) is 5.87. The molecule has 0 aliphatic heterocycles. The van der Waals surface area contributed by atoms with E-state index in [1.165, 1.54) is 6.07 Å². The number of nitrogens with zero attached hydrogens (tertiary/aromatic N) is 2. The number of aromatic nitrogens is 2. The van der Waals surface area contributed by atoms with Gasteiger partial charge in [-0.15, -0.1) is 0 Å². The van der Waals surface area contributed by atoms with Gasteiger partial charge in [0.05, 0.1) is 6.20 Å². The predicted molar refractivity (Wildman–Crippen MR) is 66.3 cm³/mol. The van der Waals surface area contributed by atoms with E-state index in [0.717, 1.165) is 17.8 Å². The van der Waals surface area contributed by atoms with Crippen molar-refractivity contribution >= 4 is 0 Å². The molecule has 2 rings (SSSR count). The molecule has 0 fully saturated rings. The monoisotopic (exact) mass is 283 g/mol. The summed E-state index contributed by atoms with van der Waals surface area (Å²) < 4.78 is 42.3. The number of ether oxygens (including phenoxy) is 1. The molecule has 20 heavy (non-hydrogen) atoms. The third kappa shape index (κ3) is 3.67. The second-order valence-electron chi connectivity index (χ2n) is 4.01.